The van der Waals surface area contributed by atoms with E-state index in [2.05, 4.69) is 9.97 Å². The van der Waals surface area contributed by atoms with Crippen LogP contribution in [0.25, 0.3) is 5.57 Å². The molecule has 0 unspecified atom stereocenters. The second-order valence-electron chi connectivity index (χ2n) is 8.04. The van der Waals surface area contributed by atoms with Crippen molar-refractivity contribution >= 4 is 23.1 Å². The van der Waals surface area contributed by atoms with Crippen LogP contribution in [0.5, 0.6) is 5.75 Å². The highest BCUT2D eigenvalue weighted by molar-refractivity contribution is 6.31. The quantitative estimate of drug-likeness (QED) is 0.748. The van der Waals surface area contributed by atoms with Gasteiger partial charge in [-0.25, -0.2) is 14.4 Å². The molecular weight excluding hydrogens is 423 g/mol. The minimum absolute atomic E-state index is 0.172. The van der Waals surface area contributed by atoms with Gasteiger partial charge in [0.1, 0.15) is 17.7 Å². The summed E-state index contributed by atoms with van der Waals surface area (Å²) in [5.41, 5.74) is 8.92. The summed E-state index contributed by atoms with van der Waals surface area (Å²) < 4.78 is 19.8. The Morgan fingerprint density at radius 2 is 1.97 bits per heavy atom. The number of aliphatic hydroxyl groups excluding tert-OH is 1. The monoisotopic (exact) mass is 446 g/mol. The Balaban J connectivity index is 1.56. The average Bonchev–Trinajstić information content (AvgIpc) is 3.30. The smallest absolute Gasteiger partial charge is 0.258 e. The van der Waals surface area contributed by atoms with E-state index in [-0.39, 0.29) is 36.4 Å². The molecule has 9 heteroatoms. The standard InChI is InChI=1S/C22H24ClFN4O3/c1-11-20(23)12(2)27-21(26-11)17-9-28(10-18(17)25)22(30)16-6-3-13(24)7-19(16)31-15-5-4-14(29)8-15/h3,6-7,14-15,29H,4-5,8-10,25H2,1-2H3/t14-,15-/m1/s1. The van der Waals surface area contributed by atoms with Crippen molar-refractivity contribution in [3.8, 4) is 5.75 Å². The maximum absolute atomic E-state index is 13.9. The number of halogens is 2. The highest BCUT2D eigenvalue weighted by atomic mass is 35.5. The molecule has 0 spiro atoms. The fourth-order valence-corrected chi connectivity index (χ4v) is 4.07. The van der Waals surface area contributed by atoms with E-state index >= 15 is 0 Å². The molecule has 1 aliphatic heterocycles. The minimum atomic E-state index is -0.495. The lowest BCUT2D eigenvalue weighted by atomic mass is 10.1. The third-order valence-corrected chi connectivity index (χ3v) is 6.21. The van der Waals surface area contributed by atoms with Crippen molar-refractivity contribution in [1.29, 1.82) is 0 Å². The fourth-order valence-electron chi connectivity index (χ4n) is 3.99. The van der Waals surface area contributed by atoms with Crippen molar-refractivity contribution in [3.05, 3.63) is 57.5 Å². The predicted molar refractivity (Wildman–Crippen MR) is 114 cm³/mol. The number of ether oxygens (including phenoxy) is 1. The van der Waals surface area contributed by atoms with E-state index in [1.165, 1.54) is 18.2 Å². The lowest BCUT2D eigenvalue weighted by molar-refractivity contribution is 0.0790. The summed E-state index contributed by atoms with van der Waals surface area (Å²) in [5, 5.41) is 10.2. The van der Waals surface area contributed by atoms with Crippen molar-refractivity contribution in [1.82, 2.24) is 14.9 Å². The van der Waals surface area contributed by atoms with Gasteiger partial charge in [-0.15, -0.1) is 0 Å². The number of carbonyl (C=O) groups excluding carboxylic acids is 1. The van der Waals surface area contributed by atoms with Crippen LogP contribution >= 0.6 is 11.6 Å². The van der Waals surface area contributed by atoms with Crippen LogP contribution in [0.2, 0.25) is 5.02 Å². The molecule has 2 atom stereocenters. The average molecular weight is 447 g/mol. The van der Waals surface area contributed by atoms with E-state index in [4.69, 9.17) is 22.1 Å². The number of nitrogens with zero attached hydrogens (tertiary/aromatic N) is 3. The van der Waals surface area contributed by atoms with Gasteiger partial charge in [-0.2, -0.15) is 0 Å². The molecule has 1 aromatic heterocycles. The highest BCUT2D eigenvalue weighted by Gasteiger charge is 2.31. The number of amides is 1. The van der Waals surface area contributed by atoms with Crippen molar-refractivity contribution in [2.24, 2.45) is 5.73 Å². The van der Waals surface area contributed by atoms with Gasteiger partial charge in [0.25, 0.3) is 5.91 Å². The molecule has 1 aromatic carbocycles. The summed E-state index contributed by atoms with van der Waals surface area (Å²) in [6.07, 6.45) is 1.04. The summed E-state index contributed by atoms with van der Waals surface area (Å²) >= 11 is 6.16. The lowest BCUT2D eigenvalue weighted by Crippen LogP contribution is -2.31. The molecule has 1 aliphatic carbocycles. The number of hydrogen-bond donors (Lipinski definition) is 2. The molecule has 7 nitrogen and oxygen atoms in total. The minimum Gasteiger partial charge on any atom is -0.489 e. The molecule has 2 aliphatic rings. The van der Waals surface area contributed by atoms with Gasteiger partial charge in [0.15, 0.2) is 5.82 Å². The molecule has 2 aromatic rings. The fraction of sp³-hybridized carbons (Fsp3) is 0.409. The number of carbonyl (C=O) groups is 1. The molecule has 164 valence electrons. The summed E-state index contributed by atoms with van der Waals surface area (Å²) in [6, 6.07) is 3.85. The third kappa shape index (κ3) is 4.36. The van der Waals surface area contributed by atoms with Crippen LogP contribution in [0.1, 0.15) is 46.8 Å². The Bertz CT molecular complexity index is 1050. The zero-order valence-electron chi connectivity index (χ0n) is 17.4. The van der Waals surface area contributed by atoms with Crippen molar-refractivity contribution in [3.63, 3.8) is 0 Å². The zero-order valence-corrected chi connectivity index (χ0v) is 18.1. The number of rotatable bonds is 4. The molecular formula is C22H24ClFN4O3. The summed E-state index contributed by atoms with van der Waals surface area (Å²) in [6.45, 7) is 4.01. The topological polar surface area (TPSA) is 102 Å². The van der Waals surface area contributed by atoms with Crippen molar-refractivity contribution < 1.29 is 19.0 Å². The van der Waals surface area contributed by atoms with Gasteiger partial charge in [-0.05, 0) is 38.8 Å². The molecule has 4 rings (SSSR count). The number of aliphatic hydroxyl groups is 1. The Morgan fingerprint density at radius 1 is 1.26 bits per heavy atom. The van der Waals surface area contributed by atoms with Gasteiger partial charge >= 0.3 is 0 Å². The van der Waals surface area contributed by atoms with Crippen LogP contribution in [-0.2, 0) is 0 Å². The Hall–Kier alpha value is -2.71. The van der Waals surface area contributed by atoms with Gasteiger partial charge in [0.05, 0.1) is 41.2 Å². The first kappa shape index (κ1) is 21.5. The normalized spacial score (nSPS) is 21.1. The molecule has 0 radical (unpaired) electrons. The summed E-state index contributed by atoms with van der Waals surface area (Å²) in [4.78, 5) is 23.7. The van der Waals surface area contributed by atoms with Gasteiger partial charge in [-0.3, -0.25) is 4.79 Å². The molecule has 1 fully saturated rings. The van der Waals surface area contributed by atoms with Crippen LogP contribution in [0.3, 0.4) is 0 Å². The third-order valence-electron chi connectivity index (χ3n) is 5.66. The lowest BCUT2D eigenvalue weighted by Gasteiger charge is -2.21. The summed E-state index contributed by atoms with van der Waals surface area (Å²) in [5.74, 6) is -0.201. The number of benzene rings is 1. The van der Waals surface area contributed by atoms with E-state index in [9.17, 15) is 14.3 Å². The Morgan fingerprint density at radius 3 is 2.61 bits per heavy atom. The molecule has 0 saturated heterocycles. The molecule has 3 N–H and O–H groups in total. The first-order chi connectivity index (χ1) is 14.7. The Kier molecular flexibility index (Phi) is 5.85. The van der Waals surface area contributed by atoms with Gasteiger partial charge in [0.2, 0.25) is 0 Å². The van der Waals surface area contributed by atoms with E-state index in [0.29, 0.717) is 52.8 Å². The molecule has 0 bridgehead atoms. The van der Waals surface area contributed by atoms with Crippen LogP contribution in [0, 0.1) is 19.7 Å². The second-order valence-corrected chi connectivity index (χ2v) is 8.42. The second kappa shape index (κ2) is 8.43. The van der Waals surface area contributed by atoms with Crippen molar-refractivity contribution in [2.45, 2.75) is 45.3 Å². The van der Waals surface area contributed by atoms with Gasteiger partial charge < -0.3 is 20.5 Å². The van der Waals surface area contributed by atoms with E-state index < -0.39 is 11.9 Å². The maximum atomic E-state index is 13.9. The van der Waals surface area contributed by atoms with E-state index in [1.807, 2.05) is 0 Å². The van der Waals surface area contributed by atoms with Crippen LogP contribution < -0.4 is 10.5 Å². The Labute approximate surface area is 184 Å². The SMILES string of the molecule is Cc1nc(C2=C(N)CN(C(=O)c3ccc(F)cc3O[C@@H]3CC[C@@H](O)C3)C2)nc(C)c1Cl. The first-order valence-electron chi connectivity index (χ1n) is 10.1. The number of aryl methyl sites for hydroxylation is 2. The molecule has 2 heterocycles. The zero-order chi connectivity index (χ0) is 22.3. The highest BCUT2D eigenvalue weighted by Crippen LogP contribution is 2.31. The number of hydrogen-bond acceptors (Lipinski definition) is 6. The van der Waals surface area contributed by atoms with E-state index in [0.717, 1.165) is 0 Å². The number of nitrogens with two attached hydrogens (primary N) is 1. The molecule has 1 saturated carbocycles. The van der Waals surface area contributed by atoms with Crippen LogP contribution in [-0.4, -0.2) is 51.2 Å². The van der Waals surface area contributed by atoms with Gasteiger partial charge in [0, 0.05) is 23.8 Å². The first-order valence-corrected chi connectivity index (χ1v) is 10.5. The van der Waals surface area contributed by atoms with Crippen molar-refractivity contribution in [2.75, 3.05) is 13.1 Å². The molecule has 31 heavy (non-hydrogen) atoms. The number of aromatic nitrogens is 2. The van der Waals surface area contributed by atoms with Gasteiger partial charge in [-0.1, -0.05) is 11.6 Å². The predicted octanol–water partition coefficient (Wildman–Crippen LogP) is 3.00. The largest absolute Gasteiger partial charge is 0.489 e. The van der Waals surface area contributed by atoms with E-state index in [1.54, 1.807) is 18.7 Å². The van der Waals surface area contributed by atoms with Crippen LogP contribution in [0.15, 0.2) is 23.9 Å². The van der Waals surface area contributed by atoms with Crippen LogP contribution in [0.4, 0.5) is 4.39 Å². The molecule has 1 amide bonds. The maximum Gasteiger partial charge on any atom is 0.258 e. The summed E-state index contributed by atoms with van der Waals surface area (Å²) in [7, 11) is 0.